The number of nitro groups is 3. The van der Waals surface area contributed by atoms with Gasteiger partial charge in [0.25, 0.3) is 24.6 Å². The average molecular weight is 1100 g/mol. The van der Waals surface area contributed by atoms with E-state index < -0.39 is 124 Å². The van der Waals surface area contributed by atoms with Crippen molar-refractivity contribution in [2.75, 3.05) is 6.54 Å². The molecule has 2 saturated heterocycles. The lowest BCUT2D eigenvalue weighted by Gasteiger charge is -2.50. The Morgan fingerprint density at radius 3 is 1.57 bits per heavy atom. The van der Waals surface area contributed by atoms with Crippen LogP contribution in [0.15, 0.2) is 77.8 Å². The van der Waals surface area contributed by atoms with E-state index in [0.29, 0.717) is 16.7 Å². The zero-order chi connectivity index (χ0) is 56.2. The Balaban J connectivity index is 1.47. The number of carbonyl (C=O) groups is 6. The van der Waals surface area contributed by atoms with Crippen LogP contribution in [0.1, 0.15) is 84.9 Å². The number of amidine groups is 1. The molecule has 5 rings (SSSR count). The normalized spacial score (nSPS) is 18.0. The number of hydrogen-bond donors (Lipinski definition) is 1. The first-order chi connectivity index (χ1) is 35.8. The van der Waals surface area contributed by atoms with E-state index in [2.05, 4.69) is 4.99 Å². The summed E-state index contributed by atoms with van der Waals surface area (Å²) >= 11 is 0.788. The smallest absolute Gasteiger partial charge is 0.456 e. The number of carbonyl (C=O) groups excluding carboxylic acids is 6. The van der Waals surface area contributed by atoms with Crippen LogP contribution >= 0.6 is 19.3 Å². The number of esters is 1. The molecule has 2 fully saturated rings. The summed E-state index contributed by atoms with van der Waals surface area (Å²) in [5.74, 6) is -4.12. The molecular weight excluding hydrogens is 1040 g/mol. The Hall–Kier alpha value is -7.32. The molecule has 3 aromatic carbocycles. The van der Waals surface area contributed by atoms with Gasteiger partial charge in [0.2, 0.25) is 17.2 Å². The number of aliphatic imine (C=N–C) groups is 1. The second-order valence-electron chi connectivity index (χ2n) is 18.1. The highest BCUT2D eigenvalue weighted by atomic mass is 32.2. The lowest BCUT2D eigenvalue weighted by molar-refractivity contribution is -0.385. The monoisotopic (exact) mass is 1100 g/mol. The summed E-state index contributed by atoms with van der Waals surface area (Å²) in [6, 6.07) is 13.3. The van der Waals surface area contributed by atoms with Crippen molar-refractivity contribution >= 4 is 82.8 Å². The number of hydrogen-bond acceptors (Lipinski definition) is 20. The van der Waals surface area contributed by atoms with Gasteiger partial charge in [0.15, 0.2) is 5.12 Å². The maximum Gasteiger partial charge on any atom is 0.508 e. The van der Waals surface area contributed by atoms with Gasteiger partial charge in [-0.3, -0.25) is 49.6 Å². The molecule has 26 nitrogen and oxygen atoms in total. The van der Waals surface area contributed by atoms with Crippen LogP contribution < -0.4 is 5.73 Å². The Morgan fingerprint density at radius 2 is 1.14 bits per heavy atom. The molecule has 3 amide bonds. The minimum atomic E-state index is -4.23. The van der Waals surface area contributed by atoms with Gasteiger partial charge in [-0.05, 0) is 115 Å². The SMILES string of the molecule is CC(=NC(=O)OCc1ccc([N+](=O)[O-])cc1)N1C[C@@H](SC(=O)C[C@@H]2[C@@H]([C@@H](C)OC(=O)OCc3ccc([N+](=O)[O-])cc3)C(=O)N2C(C(=O)OCc2ccc([N+](=O)[O-])cc2)=P(OC(C)C)(OC(C)C)OC(C)C)C[C@H]1C(N)=O. The maximum atomic E-state index is 14.8. The van der Waals surface area contributed by atoms with Crippen molar-refractivity contribution in [1.29, 1.82) is 0 Å². The molecule has 2 heterocycles. The summed E-state index contributed by atoms with van der Waals surface area (Å²) < 4.78 is 41.2. The van der Waals surface area contributed by atoms with Gasteiger partial charge < -0.3 is 43.2 Å². The first-order valence-corrected chi connectivity index (χ1v) is 26.0. The van der Waals surface area contributed by atoms with E-state index in [0.717, 1.165) is 16.7 Å². The minimum Gasteiger partial charge on any atom is -0.456 e. The second kappa shape index (κ2) is 26.4. The highest BCUT2D eigenvalue weighted by Crippen LogP contribution is 2.58. The second-order valence-corrected chi connectivity index (χ2v) is 21.5. The zero-order valence-corrected chi connectivity index (χ0v) is 44.4. The standard InChI is InChI=1S/C48H58N7O19PS/c1-27(2)72-75(73-28(3)4,74-29(5)6)45(46(59)68-24-32-9-15-35(16-10-32)53(62)63)52-39(42(44(52)58)30(7)71-48(61)70-26-34-13-19-37(20-14-34)55(66)67)22-41(56)76-38-21-40(43(49)57)51(23-38)31(8)50-47(60)69-25-33-11-17-36(18-12-33)54(64)65/h9-20,27-30,38-40,42H,21-26H2,1-8H3,(H2,49,57)/t30-,38+,39-,40+,42-/m1/s1. The molecule has 0 bridgehead atoms. The largest absolute Gasteiger partial charge is 0.508 e. The fraction of sp³-hybridized carbons (Fsp3) is 0.458. The third-order valence-electron chi connectivity index (χ3n) is 11.2. The molecule has 0 spiro atoms. The number of amides is 3. The maximum absolute atomic E-state index is 14.8. The number of rotatable bonds is 23. The van der Waals surface area contributed by atoms with Crippen LogP contribution in [0.2, 0.25) is 0 Å². The van der Waals surface area contributed by atoms with Crippen molar-refractivity contribution in [3.8, 4) is 0 Å². The molecular formula is C48H58N7O19PS. The molecule has 0 radical (unpaired) electrons. The predicted molar refractivity (Wildman–Crippen MR) is 273 cm³/mol. The zero-order valence-electron chi connectivity index (χ0n) is 42.7. The number of nitrogens with zero attached hydrogens (tertiary/aromatic N) is 6. The van der Waals surface area contributed by atoms with Gasteiger partial charge in [-0.25, -0.2) is 14.4 Å². The Labute approximate surface area is 440 Å². The summed E-state index contributed by atoms with van der Waals surface area (Å²) in [6.45, 7) is 11.5. The Kier molecular flexibility index (Phi) is 20.7. The summed E-state index contributed by atoms with van der Waals surface area (Å²) in [7, 11) is -4.23. The number of β-lactam (4-membered cyclic amide) rings is 1. The quantitative estimate of drug-likeness (QED) is 0.0140. The highest BCUT2D eigenvalue weighted by molar-refractivity contribution is 8.14. The molecule has 76 heavy (non-hydrogen) atoms. The molecule has 0 aromatic heterocycles. The lowest BCUT2D eigenvalue weighted by Crippen LogP contribution is -2.68. The van der Waals surface area contributed by atoms with E-state index in [1.165, 1.54) is 91.5 Å². The van der Waals surface area contributed by atoms with E-state index in [1.807, 2.05) is 0 Å². The van der Waals surface area contributed by atoms with Crippen LogP contribution in [0.25, 0.3) is 0 Å². The first-order valence-electron chi connectivity index (χ1n) is 23.6. The molecule has 2 aliphatic heterocycles. The van der Waals surface area contributed by atoms with Crippen LogP contribution in [-0.2, 0) is 71.5 Å². The summed E-state index contributed by atoms with van der Waals surface area (Å²) in [5.41, 5.74) is 5.82. The number of primary amides is 1. The minimum absolute atomic E-state index is 0.000962. The first kappa shape index (κ1) is 59.6. The molecule has 410 valence electrons. The van der Waals surface area contributed by atoms with Crippen LogP contribution in [0, 0.1) is 36.3 Å². The fourth-order valence-electron chi connectivity index (χ4n) is 8.00. The van der Waals surface area contributed by atoms with Crippen LogP contribution in [0.4, 0.5) is 26.7 Å². The topological polar surface area (TPSA) is 341 Å². The number of thioether (sulfide) groups is 1. The predicted octanol–water partition coefficient (Wildman–Crippen LogP) is 7.52. The molecule has 0 aliphatic carbocycles. The van der Waals surface area contributed by atoms with Crippen LogP contribution in [0.5, 0.6) is 0 Å². The van der Waals surface area contributed by atoms with Gasteiger partial charge in [-0.1, -0.05) is 11.8 Å². The summed E-state index contributed by atoms with van der Waals surface area (Å²) in [4.78, 5) is 121. The molecule has 2 N–H and O–H groups in total. The highest BCUT2D eigenvalue weighted by Gasteiger charge is 2.58. The van der Waals surface area contributed by atoms with E-state index >= 15 is 0 Å². The van der Waals surface area contributed by atoms with Crippen molar-refractivity contribution in [3.05, 3.63) is 120 Å². The van der Waals surface area contributed by atoms with Crippen molar-refractivity contribution in [2.45, 2.75) is 130 Å². The van der Waals surface area contributed by atoms with Crippen LogP contribution in [0.3, 0.4) is 0 Å². The van der Waals surface area contributed by atoms with Gasteiger partial charge >= 0.3 is 18.2 Å². The lowest BCUT2D eigenvalue weighted by atomic mass is 9.81. The van der Waals surface area contributed by atoms with Gasteiger partial charge in [0.05, 0.1) is 45.0 Å². The van der Waals surface area contributed by atoms with Gasteiger partial charge in [0.1, 0.15) is 37.8 Å². The third-order valence-corrected chi connectivity index (χ3v) is 15.4. The molecule has 0 unspecified atom stereocenters. The molecule has 28 heteroatoms. The van der Waals surface area contributed by atoms with Crippen molar-refractivity contribution in [2.24, 2.45) is 16.6 Å². The van der Waals surface area contributed by atoms with Crippen molar-refractivity contribution in [3.63, 3.8) is 0 Å². The van der Waals surface area contributed by atoms with Crippen LogP contribution in [-0.4, -0.2) is 119 Å². The average Bonchev–Trinajstić information content (AvgIpc) is 3.77. The van der Waals surface area contributed by atoms with E-state index in [1.54, 1.807) is 41.5 Å². The van der Waals surface area contributed by atoms with Gasteiger partial charge in [0, 0.05) is 54.6 Å². The van der Waals surface area contributed by atoms with Gasteiger partial charge in [-0.15, -0.1) is 0 Å². The molecule has 5 atom stereocenters. The number of nitro benzene ring substituents is 3. The summed E-state index contributed by atoms with van der Waals surface area (Å²) in [5, 5.41) is 32.3. The molecule has 3 aromatic rings. The Morgan fingerprint density at radius 1 is 0.711 bits per heavy atom. The van der Waals surface area contributed by atoms with E-state index in [9.17, 15) is 59.1 Å². The third kappa shape index (κ3) is 15.9. The number of non-ortho nitro benzene ring substituents is 3. The molecule has 0 saturated carbocycles. The summed E-state index contributed by atoms with van der Waals surface area (Å²) in [6.07, 6.45) is -6.30. The number of likely N-dealkylation sites (tertiary alicyclic amines) is 2. The number of nitrogens with two attached hydrogens (primary N) is 1. The molecule has 2 aliphatic rings. The van der Waals surface area contributed by atoms with Crippen molar-refractivity contribution < 1.29 is 76.1 Å². The number of benzene rings is 3. The van der Waals surface area contributed by atoms with E-state index in [4.69, 9.17) is 38.3 Å². The number of ether oxygens (including phenoxy) is 4. The van der Waals surface area contributed by atoms with Crippen molar-refractivity contribution in [1.82, 2.24) is 9.80 Å². The van der Waals surface area contributed by atoms with Gasteiger partial charge in [-0.2, -0.15) is 4.99 Å². The Bertz CT molecular complexity index is 2720. The van der Waals surface area contributed by atoms with E-state index in [-0.39, 0.29) is 49.1 Å². The fourth-order valence-corrected chi connectivity index (χ4v) is 12.1.